The van der Waals surface area contributed by atoms with Crippen LogP contribution in [0.5, 0.6) is 5.75 Å². The number of methoxy groups -OCH3 is 1. The van der Waals surface area contributed by atoms with Gasteiger partial charge in [-0.3, -0.25) is 14.9 Å². The molecule has 0 heterocycles. The summed E-state index contributed by atoms with van der Waals surface area (Å²) in [5, 5.41) is 12.8. The summed E-state index contributed by atoms with van der Waals surface area (Å²) >= 11 is 0. The second-order valence-electron chi connectivity index (χ2n) is 2.40. The second kappa shape index (κ2) is 4.22. The predicted molar refractivity (Wildman–Crippen MR) is 49.3 cm³/mol. The molecule has 0 bridgehead atoms. The first kappa shape index (κ1) is 9.97. The molecule has 1 amide bonds. The van der Waals surface area contributed by atoms with Gasteiger partial charge in [0.2, 0.25) is 6.41 Å². The Morgan fingerprint density at radius 3 is 2.79 bits per heavy atom. The maximum atomic E-state index is 10.4. The van der Waals surface area contributed by atoms with Crippen LogP contribution in [0, 0.1) is 10.1 Å². The van der Waals surface area contributed by atoms with E-state index in [4.69, 9.17) is 4.74 Å². The largest absolute Gasteiger partial charge is 0.494 e. The smallest absolute Gasteiger partial charge is 0.273 e. The number of amides is 1. The first-order valence-corrected chi connectivity index (χ1v) is 3.71. The number of nitro groups is 1. The summed E-state index contributed by atoms with van der Waals surface area (Å²) < 4.78 is 4.86. The highest BCUT2D eigenvalue weighted by molar-refractivity contribution is 5.76. The van der Waals surface area contributed by atoms with E-state index in [9.17, 15) is 14.9 Å². The average molecular weight is 196 g/mol. The molecule has 6 nitrogen and oxygen atoms in total. The number of ether oxygens (including phenoxy) is 1. The van der Waals surface area contributed by atoms with Gasteiger partial charge >= 0.3 is 0 Å². The number of carbonyl (C=O) groups is 1. The van der Waals surface area contributed by atoms with Crippen LogP contribution in [0.25, 0.3) is 0 Å². The topological polar surface area (TPSA) is 81.5 Å². The molecule has 0 aliphatic rings. The molecule has 14 heavy (non-hydrogen) atoms. The minimum atomic E-state index is -0.535. The molecular weight excluding hydrogens is 188 g/mol. The van der Waals surface area contributed by atoms with E-state index < -0.39 is 4.92 Å². The zero-order valence-corrected chi connectivity index (χ0v) is 7.39. The van der Waals surface area contributed by atoms with Crippen molar-refractivity contribution in [2.24, 2.45) is 0 Å². The van der Waals surface area contributed by atoms with Gasteiger partial charge in [-0.15, -0.1) is 0 Å². The Balaban J connectivity index is 3.10. The standard InChI is InChI=1S/C8H8N2O4/c1-14-8-4-6(10(12)13)2-3-7(8)9-5-11/h2-5H,1H3,(H,9,11). The molecule has 0 saturated carbocycles. The summed E-state index contributed by atoms with van der Waals surface area (Å²) in [7, 11) is 1.37. The SMILES string of the molecule is COc1cc([N+](=O)[O-])ccc1NC=O. The number of carbonyl (C=O) groups excluding carboxylic acids is 1. The summed E-state index contributed by atoms with van der Waals surface area (Å²) in [5.74, 6) is 0.256. The van der Waals surface area contributed by atoms with E-state index in [0.29, 0.717) is 12.1 Å². The lowest BCUT2D eigenvalue weighted by molar-refractivity contribution is -0.384. The first-order chi connectivity index (χ1) is 6.69. The Morgan fingerprint density at radius 1 is 1.57 bits per heavy atom. The Hall–Kier alpha value is -2.11. The molecule has 0 saturated heterocycles. The van der Waals surface area contributed by atoms with Crippen molar-refractivity contribution in [1.29, 1.82) is 0 Å². The highest BCUT2D eigenvalue weighted by atomic mass is 16.6. The van der Waals surface area contributed by atoms with Gasteiger partial charge in [-0.05, 0) is 6.07 Å². The van der Waals surface area contributed by atoms with Crippen molar-refractivity contribution in [3.05, 3.63) is 28.3 Å². The monoisotopic (exact) mass is 196 g/mol. The molecule has 1 aromatic carbocycles. The van der Waals surface area contributed by atoms with Crippen LogP contribution >= 0.6 is 0 Å². The molecule has 0 radical (unpaired) electrons. The lowest BCUT2D eigenvalue weighted by Crippen LogP contribution is -1.98. The first-order valence-electron chi connectivity index (χ1n) is 3.71. The maximum Gasteiger partial charge on any atom is 0.273 e. The van der Waals surface area contributed by atoms with Crippen LogP contribution in [0.15, 0.2) is 18.2 Å². The Bertz CT molecular complexity index is 364. The van der Waals surface area contributed by atoms with Crippen LogP contribution < -0.4 is 10.1 Å². The number of nitrogens with zero attached hydrogens (tertiary/aromatic N) is 1. The molecule has 0 aliphatic carbocycles. The third kappa shape index (κ3) is 1.98. The molecule has 74 valence electrons. The van der Waals surface area contributed by atoms with Crippen molar-refractivity contribution in [2.45, 2.75) is 0 Å². The number of hydrogen-bond donors (Lipinski definition) is 1. The molecule has 0 spiro atoms. The van der Waals surface area contributed by atoms with Crippen molar-refractivity contribution in [3.8, 4) is 5.75 Å². The number of nitrogens with one attached hydrogen (secondary N) is 1. The zero-order valence-electron chi connectivity index (χ0n) is 7.39. The van der Waals surface area contributed by atoms with Crippen LogP contribution in [0.3, 0.4) is 0 Å². The van der Waals surface area contributed by atoms with Gasteiger partial charge in [0, 0.05) is 6.07 Å². The second-order valence-corrected chi connectivity index (χ2v) is 2.40. The summed E-state index contributed by atoms with van der Waals surface area (Å²) in [6.07, 6.45) is 0.476. The molecule has 6 heteroatoms. The average Bonchev–Trinajstić information content (AvgIpc) is 2.18. The van der Waals surface area contributed by atoms with Crippen molar-refractivity contribution in [1.82, 2.24) is 0 Å². The third-order valence-electron chi connectivity index (χ3n) is 1.61. The van der Waals surface area contributed by atoms with Gasteiger partial charge in [0.1, 0.15) is 5.75 Å². The van der Waals surface area contributed by atoms with Crippen molar-refractivity contribution < 1.29 is 14.5 Å². The number of rotatable bonds is 4. The van der Waals surface area contributed by atoms with Gasteiger partial charge in [-0.2, -0.15) is 0 Å². The van der Waals surface area contributed by atoms with E-state index in [1.54, 1.807) is 0 Å². The molecule has 1 N–H and O–H groups in total. The fourth-order valence-electron chi connectivity index (χ4n) is 0.976. The van der Waals surface area contributed by atoms with Gasteiger partial charge in [0.05, 0.1) is 23.8 Å². The normalized spacial score (nSPS) is 9.21. The van der Waals surface area contributed by atoms with E-state index in [2.05, 4.69) is 5.32 Å². The summed E-state index contributed by atoms with van der Waals surface area (Å²) in [6.45, 7) is 0. The molecule has 0 aliphatic heterocycles. The fourth-order valence-corrected chi connectivity index (χ4v) is 0.976. The molecule has 0 unspecified atom stereocenters. The van der Waals surface area contributed by atoms with Gasteiger partial charge in [-0.1, -0.05) is 0 Å². The Morgan fingerprint density at radius 2 is 2.29 bits per heavy atom. The van der Waals surface area contributed by atoms with E-state index in [1.807, 2.05) is 0 Å². The Labute approximate surface area is 79.6 Å². The van der Waals surface area contributed by atoms with E-state index in [1.165, 1.54) is 25.3 Å². The van der Waals surface area contributed by atoms with Crippen molar-refractivity contribution in [3.63, 3.8) is 0 Å². The van der Waals surface area contributed by atoms with Gasteiger partial charge in [0.15, 0.2) is 0 Å². The fraction of sp³-hybridized carbons (Fsp3) is 0.125. The number of hydrogen-bond acceptors (Lipinski definition) is 4. The van der Waals surface area contributed by atoms with E-state index in [0.717, 1.165) is 0 Å². The molecule has 1 aromatic rings. The van der Waals surface area contributed by atoms with Gasteiger partial charge in [0.25, 0.3) is 5.69 Å². The van der Waals surface area contributed by atoms with E-state index >= 15 is 0 Å². The third-order valence-corrected chi connectivity index (χ3v) is 1.61. The number of non-ortho nitro benzene ring substituents is 1. The van der Waals surface area contributed by atoms with Crippen LogP contribution in [0.4, 0.5) is 11.4 Å². The molecule has 0 fully saturated rings. The number of anilines is 1. The summed E-state index contributed by atoms with van der Waals surface area (Å²) in [4.78, 5) is 20.0. The summed E-state index contributed by atoms with van der Waals surface area (Å²) in [5.41, 5.74) is 0.311. The number of benzene rings is 1. The van der Waals surface area contributed by atoms with Gasteiger partial charge < -0.3 is 10.1 Å². The molecular formula is C8H8N2O4. The number of nitro benzene ring substituents is 1. The van der Waals surface area contributed by atoms with Crippen LogP contribution in [-0.2, 0) is 4.79 Å². The lowest BCUT2D eigenvalue weighted by atomic mass is 10.2. The Kier molecular flexibility index (Phi) is 3.01. The molecule has 0 aromatic heterocycles. The van der Waals surface area contributed by atoms with Crippen molar-refractivity contribution >= 4 is 17.8 Å². The quantitative estimate of drug-likeness (QED) is 0.445. The molecule has 0 atom stereocenters. The minimum absolute atomic E-state index is 0.0849. The van der Waals surface area contributed by atoms with Crippen molar-refractivity contribution in [2.75, 3.05) is 12.4 Å². The minimum Gasteiger partial charge on any atom is -0.494 e. The van der Waals surface area contributed by atoms with E-state index in [-0.39, 0.29) is 11.4 Å². The zero-order chi connectivity index (χ0) is 10.6. The highest BCUT2D eigenvalue weighted by Crippen LogP contribution is 2.28. The van der Waals surface area contributed by atoms with Gasteiger partial charge in [-0.25, -0.2) is 0 Å². The lowest BCUT2D eigenvalue weighted by Gasteiger charge is -2.05. The van der Waals surface area contributed by atoms with Crippen LogP contribution in [0.2, 0.25) is 0 Å². The summed E-state index contributed by atoms with van der Waals surface area (Å²) in [6, 6.07) is 3.94. The van der Waals surface area contributed by atoms with Crippen LogP contribution in [-0.4, -0.2) is 18.4 Å². The van der Waals surface area contributed by atoms with Crippen LogP contribution in [0.1, 0.15) is 0 Å². The highest BCUT2D eigenvalue weighted by Gasteiger charge is 2.10. The predicted octanol–water partition coefficient (Wildman–Crippen LogP) is 1.17. The maximum absolute atomic E-state index is 10.4. The molecule has 1 rings (SSSR count).